The molecule has 0 radical (unpaired) electrons. The molecule has 0 saturated carbocycles. The Balaban J connectivity index is 2.35. The molecule has 0 unspecified atom stereocenters. The van der Waals surface area contributed by atoms with Crippen molar-refractivity contribution in [2.75, 3.05) is 27.0 Å². The number of hydrogen-bond donors (Lipinski definition) is 2. The molecule has 0 saturated heterocycles. The number of alkyl halides is 1. The Bertz CT molecular complexity index is 778. The van der Waals surface area contributed by atoms with Gasteiger partial charge in [-0.2, -0.15) is 5.10 Å². The van der Waals surface area contributed by atoms with Gasteiger partial charge in [0.25, 0.3) is 5.56 Å². The van der Waals surface area contributed by atoms with Crippen LogP contribution in [0.3, 0.4) is 0 Å². The molecule has 0 fully saturated rings. The Kier molecular flexibility index (Phi) is 5.04. The van der Waals surface area contributed by atoms with Crippen LogP contribution in [-0.4, -0.2) is 52.7 Å². The Hall–Kier alpha value is -2.49. The lowest BCUT2D eigenvalue weighted by Crippen LogP contribution is -2.24. The standard InChI is InChI=1S/C12H15FN4O5/c1-21-11(19)8-7-9(10(18)15-12(20)14-7)17(16-8)4-6-22-5-2-3-13/h2-6H2,1H3,(H2,14,15,18,20). The van der Waals surface area contributed by atoms with E-state index in [0.29, 0.717) is 0 Å². The Morgan fingerprint density at radius 1 is 1.32 bits per heavy atom. The molecule has 9 nitrogen and oxygen atoms in total. The number of carbonyl (C=O) groups is 1. The summed E-state index contributed by atoms with van der Waals surface area (Å²) < 4.78 is 22.9. The van der Waals surface area contributed by atoms with Crippen molar-refractivity contribution in [2.24, 2.45) is 0 Å². The third kappa shape index (κ3) is 3.22. The van der Waals surface area contributed by atoms with Crippen molar-refractivity contribution in [3.05, 3.63) is 26.5 Å². The van der Waals surface area contributed by atoms with E-state index in [2.05, 4.69) is 19.8 Å². The first-order valence-electron chi connectivity index (χ1n) is 6.53. The van der Waals surface area contributed by atoms with Crippen LogP contribution in [0.15, 0.2) is 9.59 Å². The number of aromatic amines is 2. The number of rotatable bonds is 7. The van der Waals surface area contributed by atoms with E-state index >= 15 is 0 Å². The van der Waals surface area contributed by atoms with Crippen molar-refractivity contribution >= 4 is 17.0 Å². The summed E-state index contributed by atoms with van der Waals surface area (Å²) >= 11 is 0. The van der Waals surface area contributed by atoms with Crippen LogP contribution >= 0.6 is 0 Å². The molecule has 0 aromatic carbocycles. The summed E-state index contributed by atoms with van der Waals surface area (Å²) in [6.45, 7) is 0.107. The molecule has 0 spiro atoms. The van der Waals surface area contributed by atoms with Gasteiger partial charge >= 0.3 is 11.7 Å². The number of fused-ring (bicyclic) bond motifs is 1. The number of aromatic nitrogens is 4. The normalized spacial score (nSPS) is 11.0. The predicted molar refractivity (Wildman–Crippen MR) is 73.7 cm³/mol. The van der Waals surface area contributed by atoms with Crippen molar-refractivity contribution in [2.45, 2.75) is 13.0 Å². The topological polar surface area (TPSA) is 119 Å². The highest BCUT2D eigenvalue weighted by Gasteiger charge is 2.21. The SMILES string of the molecule is COC(=O)c1nn(CCOCCCF)c2c(=O)[nH]c(=O)[nH]c12. The molecule has 0 amide bonds. The number of H-pyrrole nitrogens is 2. The van der Waals surface area contributed by atoms with Gasteiger partial charge in [-0.15, -0.1) is 0 Å². The molecule has 120 valence electrons. The quantitative estimate of drug-likeness (QED) is 0.529. The summed E-state index contributed by atoms with van der Waals surface area (Å²) in [5.41, 5.74) is -1.55. The molecule has 2 aromatic rings. The number of nitrogens with zero attached hydrogens (tertiary/aromatic N) is 2. The number of hydrogen-bond acceptors (Lipinski definition) is 6. The fourth-order valence-electron chi connectivity index (χ4n) is 1.93. The lowest BCUT2D eigenvalue weighted by molar-refractivity contribution is 0.0593. The van der Waals surface area contributed by atoms with Crippen molar-refractivity contribution in [1.82, 2.24) is 19.7 Å². The molecule has 2 N–H and O–H groups in total. The monoisotopic (exact) mass is 314 g/mol. The average Bonchev–Trinajstić information content (AvgIpc) is 2.85. The maximum absolute atomic E-state index is 11.9. The molecule has 2 rings (SSSR count). The molecular weight excluding hydrogens is 299 g/mol. The van der Waals surface area contributed by atoms with Gasteiger partial charge < -0.3 is 14.5 Å². The first-order valence-corrected chi connectivity index (χ1v) is 6.53. The van der Waals surface area contributed by atoms with Gasteiger partial charge in [0.2, 0.25) is 0 Å². The third-order valence-corrected chi connectivity index (χ3v) is 2.88. The summed E-state index contributed by atoms with van der Waals surface area (Å²) in [4.78, 5) is 39.3. The Morgan fingerprint density at radius 2 is 2.09 bits per heavy atom. The Morgan fingerprint density at radius 3 is 2.77 bits per heavy atom. The maximum Gasteiger partial charge on any atom is 0.360 e. The highest BCUT2D eigenvalue weighted by atomic mass is 19.1. The van der Waals surface area contributed by atoms with Gasteiger partial charge in [0.05, 0.1) is 26.9 Å². The van der Waals surface area contributed by atoms with Crippen LogP contribution in [0.2, 0.25) is 0 Å². The van der Waals surface area contributed by atoms with Gasteiger partial charge in [-0.25, -0.2) is 9.59 Å². The van der Waals surface area contributed by atoms with E-state index in [1.807, 2.05) is 0 Å². The summed E-state index contributed by atoms with van der Waals surface area (Å²) in [5, 5.41) is 3.98. The number of methoxy groups -OCH3 is 1. The van der Waals surface area contributed by atoms with Crippen molar-refractivity contribution in [3.8, 4) is 0 Å². The largest absolute Gasteiger partial charge is 0.464 e. The van der Waals surface area contributed by atoms with E-state index < -0.39 is 23.9 Å². The van der Waals surface area contributed by atoms with Crippen molar-refractivity contribution in [3.63, 3.8) is 0 Å². The number of carbonyl (C=O) groups excluding carboxylic acids is 1. The van der Waals surface area contributed by atoms with Gasteiger partial charge in [-0.3, -0.25) is 18.9 Å². The molecular formula is C12H15FN4O5. The van der Waals surface area contributed by atoms with Crippen LogP contribution in [0.5, 0.6) is 0 Å². The highest BCUT2D eigenvalue weighted by Crippen LogP contribution is 2.12. The first kappa shape index (κ1) is 15.9. The van der Waals surface area contributed by atoms with Crippen LogP contribution in [-0.2, 0) is 16.0 Å². The van der Waals surface area contributed by atoms with Crippen LogP contribution < -0.4 is 11.2 Å². The van der Waals surface area contributed by atoms with E-state index in [1.54, 1.807) is 0 Å². The van der Waals surface area contributed by atoms with Gasteiger partial charge in [-0.05, 0) is 6.42 Å². The van der Waals surface area contributed by atoms with Gasteiger partial charge in [0, 0.05) is 6.61 Å². The third-order valence-electron chi connectivity index (χ3n) is 2.88. The van der Waals surface area contributed by atoms with Gasteiger partial charge in [0.1, 0.15) is 5.52 Å². The molecule has 0 aliphatic rings. The summed E-state index contributed by atoms with van der Waals surface area (Å²) in [5.74, 6) is -0.775. The zero-order chi connectivity index (χ0) is 16.1. The molecule has 0 bridgehead atoms. The second-order valence-electron chi connectivity index (χ2n) is 4.35. The minimum Gasteiger partial charge on any atom is -0.464 e. The second kappa shape index (κ2) is 6.98. The molecule has 22 heavy (non-hydrogen) atoms. The number of nitrogens with one attached hydrogen (secondary N) is 2. The van der Waals surface area contributed by atoms with Crippen molar-refractivity contribution in [1.29, 1.82) is 0 Å². The van der Waals surface area contributed by atoms with E-state index in [4.69, 9.17) is 4.74 Å². The second-order valence-corrected chi connectivity index (χ2v) is 4.35. The summed E-state index contributed by atoms with van der Waals surface area (Å²) in [7, 11) is 1.17. The summed E-state index contributed by atoms with van der Waals surface area (Å²) in [6, 6.07) is 0. The van der Waals surface area contributed by atoms with E-state index in [0.717, 1.165) is 0 Å². The van der Waals surface area contributed by atoms with Gasteiger partial charge in [-0.1, -0.05) is 0 Å². The molecule has 2 heterocycles. The van der Waals surface area contributed by atoms with Crippen LogP contribution in [0.4, 0.5) is 4.39 Å². The predicted octanol–water partition coefficient (Wildman–Crippen LogP) is -0.424. The smallest absolute Gasteiger partial charge is 0.360 e. The molecule has 10 heteroatoms. The number of ether oxygens (including phenoxy) is 2. The van der Waals surface area contributed by atoms with Crippen LogP contribution in [0, 0.1) is 0 Å². The van der Waals surface area contributed by atoms with Gasteiger partial charge in [0.15, 0.2) is 11.2 Å². The van der Waals surface area contributed by atoms with Crippen LogP contribution in [0.1, 0.15) is 16.9 Å². The van der Waals surface area contributed by atoms with E-state index in [-0.39, 0.29) is 42.9 Å². The number of esters is 1. The maximum atomic E-state index is 11.9. The van der Waals surface area contributed by atoms with Crippen LogP contribution in [0.25, 0.3) is 11.0 Å². The Labute approximate surface area is 123 Å². The molecule has 0 atom stereocenters. The fourth-order valence-corrected chi connectivity index (χ4v) is 1.93. The minimum atomic E-state index is -0.775. The molecule has 2 aromatic heterocycles. The minimum absolute atomic E-state index is 0.00404. The summed E-state index contributed by atoms with van der Waals surface area (Å²) in [6.07, 6.45) is 0.279. The fraction of sp³-hybridized carbons (Fsp3) is 0.500. The molecule has 0 aliphatic carbocycles. The zero-order valence-corrected chi connectivity index (χ0v) is 11.8. The number of halogens is 1. The first-order chi connectivity index (χ1) is 10.6. The highest BCUT2D eigenvalue weighted by molar-refractivity contribution is 5.99. The average molecular weight is 314 g/mol. The van der Waals surface area contributed by atoms with Crippen molar-refractivity contribution < 1.29 is 18.7 Å². The lowest BCUT2D eigenvalue weighted by Gasteiger charge is -2.03. The zero-order valence-electron chi connectivity index (χ0n) is 11.8. The molecule has 0 aliphatic heterocycles. The lowest BCUT2D eigenvalue weighted by atomic mass is 10.3. The van der Waals surface area contributed by atoms with E-state index in [1.165, 1.54) is 11.8 Å². The van der Waals surface area contributed by atoms with E-state index in [9.17, 15) is 18.8 Å².